The first kappa shape index (κ1) is 12.2. The van der Waals surface area contributed by atoms with Crippen LogP contribution in [-0.2, 0) is 9.53 Å². The fraction of sp³-hybridized carbons (Fsp3) is 0.333. The molecule has 0 aromatic heterocycles. The van der Waals surface area contributed by atoms with Gasteiger partial charge in [0.05, 0.1) is 6.61 Å². The lowest BCUT2D eigenvalue weighted by atomic mass is 10.2. The van der Waals surface area contributed by atoms with Gasteiger partial charge in [0.15, 0.2) is 0 Å². The van der Waals surface area contributed by atoms with Crippen LogP contribution in [0.3, 0.4) is 0 Å². The number of anilines is 1. The number of carbonyl (C=O) groups is 1. The zero-order valence-corrected chi connectivity index (χ0v) is 9.32. The van der Waals surface area contributed by atoms with Crippen molar-refractivity contribution in [1.82, 2.24) is 0 Å². The molecule has 0 saturated carbocycles. The molecule has 0 unspecified atom stereocenters. The van der Waals surface area contributed by atoms with E-state index in [4.69, 9.17) is 4.74 Å². The minimum absolute atomic E-state index is 0.304. The highest BCUT2D eigenvalue weighted by atomic mass is 16.5. The molecule has 1 N–H and O–H groups in total. The Balaban J connectivity index is 2.46. The standard InChI is InChI=1S/C12H14NO3/c1-9(2)8-16-12(15)13-11-5-3-10(7-14)4-6-11/h3-6,9H,8H2,1-2H3,(H,13,15). The Morgan fingerprint density at radius 2 is 2.00 bits per heavy atom. The molecule has 4 heteroatoms. The largest absolute Gasteiger partial charge is 0.449 e. The zero-order chi connectivity index (χ0) is 12.0. The van der Waals surface area contributed by atoms with Gasteiger partial charge in [-0.3, -0.25) is 10.1 Å². The van der Waals surface area contributed by atoms with Crippen molar-refractivity contribution >= 4 is 18.1 Å². The maximum atomic E-state index is 11.3. The summed E-state index contributed by atoms with van der Waals surface area (Å²) in [6.45, 7) is 4.30. The van der Waals surface area contributed by atoms with Gasteiger partial charge in [0.25, 0.3) is 0 Å². The van der Waals surface area contributed by atoms with E-state index < -0.39 is 6.09 Å². The van der Waals surface area contributed by atoms with E-state index in [0.717, 1.165) is 0 Å². The van der Waals surface area contributed by atoms with Crippen molar-refractivity contribution in [2.45, 2.75) is 13.8 Å². The molecule has 0 aliphatic carbocycles. The van der Waals surface area contributed by atoms with Crippen LogP contribution in [0.4, 0.5) is 10.5 Å². The van der Waals surface area contributed by atoms with E-state index in [-0.39, 0.29) is 0 Å². The molecule has 16 heavy (non-hydrogen) atoms. The van der Waals surface area contributed by atoms with E-state index in [1.807, 2.05) is 13.8 Å². The van der Waals surface area contributed by atoms with Crippen LogP contribution < -0.4 is 5.32 Å². The highest BCUT2D eigenvalue weighted by Gasteiger charge is 2.04. The van der Waals surface area contributed by atoms with Gasteiger partial charge < -0.3 is 4.74 Å². The fourth-order valence-corrected chi connectivity index (χ4v) is 1.02. The number of amides is 1. The van der Waals surface area contributed by atoms with Gasteiger partial charge in [0.2, 0.25) is 6.29 Å². The van der Waals surface area contributed by atoms with Crippen LogP contribution in [0.1, 0.15) is 19.4 Å². The van der Waals surface area contributed by atoms with Gasteiger partial charge in [0.1, 0.15) is 0 Å². The fourth-order valence-electron chi connectivity index (χ4n) is 1.02. The number of hydrogen-bond acceptors (Lipinski definition) is 3. The lowest BCUT2D eigenvalue weighted by Gasteiger charge is -2.08. The monoisotopic (exact) mass is 220 g/mol. The molecular weight excluding hydrogens is 206 g/mol. The molecule has 4 nitrogen and oxygen atoms in total. The smallest absolute Gasteiger partial charge is 0.411 e. The number of benzene rings is 1. The number of carbonyl (C=O) groups excluding carboxylic acids is 2. The maximum Gasteiger partial charge on any atom is 0.411 e. The van der Waals surface area contributed by atoms with Crippen LogP contribution in [0.5, 0.6) is 0 Å². The molecular formula is C12H14NO3. The second kappa shape index (κ2) is 5.90. The molecule has 0 spiro atoms. The SMILES string of the molecule is CC(C)COC(=O)Nc1ccc([C]=O)cc1. The molecule has 0 aliphatic rings. The van der Waals surface area contributed by atoms with E-state index in [1.165, 1.54) is 0 Å². The van der Waals surface area contributed by atoms with Crippen molar-refractivity contribution in [3.05, 3.63) is 29.8 Å². The summed E-state index contributed by atoms with van der Waals surface area (Å²) in [6.07, 6.45) is 1.26. The predicted octanol–water partition coefficient (Wildman–Crippen LogP) is 2.35. The van der Waals surface area contributed by atoms with Crippen molar-refractivity contribution < 1.29 is 14.3 Å². The van der Waals surface area contributed by atoms with Crippen molar-refractivity contribution in [2.24, 2.45) is 5.92 Å². The van der Waals surface area contributed by atoms with E-state index >= 15 is 0 Å². The lowest BCUT2D eigenvalue weighted by Crippen LogP contribution is -2.16. The van der Waals surface area contributed by atoms with E-state index in [9.17, 15) is 9.59 Å². The van der Waals surface area contributed by atoms with Crippen LogP contribution in [0.2, 0.25) is 0 Å². The summed E-state index contributed by atoms with van der Waals surface area (Å²) in [4.78, 5) is 21.5. The van der Waals surface area contributed by atoms with Crippen molar-refractivity contribution in [1.29, 1.82) is 0 Å². The summed E-state index contributed by atoms with van der Waals surface area (Å²) in [6, 6.07) is 6.39. The molecule has 0 heterocycles. The summed E-state index contributed by atoms with van der Waals surface area (Å²) in [5.74, 6) is 0.304. The molecule has 1 amide bonds. The summed E-state index contributed by atoms with van der Waals surface area (Å²) >= 11 is 0. The molecule has 0 atom stereocenters. The minimum atomic E-state index is -0.489. The molecule has 0 aliphatic heterocycles. The number of ether oxygens (including phenoxy) is 1. The Labute approximate surface area is 94.6 Å². The number of rotatable bonds is 4. The molecule has 1 rings (SSSR count). The first-order valence-corrected chi connectivity index (χ1v) is 5.04. The summed E-state index contributed by atoms with van der Waals surface area (Å²) in [5, 5.41) is 2.56. The van der Waals surface area contributed by atoms with E-state index in [2.05, 4.69) is 5.32 Å². The van der Waals surface area contributed by atoms with Crippen LogP contribution >= 0.6 is 0 Å². The predicted molar refractivity (Wildman–Crippen MR) is 61.0 cm³/mol. The van der Waals surface area contributed by atoms with Gasteiger partial charge in [-0.05, 0) is 30.2 Å². The topological polar surface area (TPSA) is 55.4 Å². The average molecular weight is 220 g/mol. The summed E-state index contributed by atoms with van der Waals surface area (Å²) < 4.78 is 4.94. The first-order valence-electron chi connectivity index (χ1n) is 5.04. The quantitative estimate of drug-likeness (QED) is 0.847. The molecule has 0 saturated heterocycles. The zero-order valence-electron chi connectivity index (χ0n) is 9.32. The third kappa shape index (κ3) is 4.13. The molecule has 85 valence electrons. The van der Waals surface area contributed by atoms with Crippen molar-refractivity contribution in [2.75, 3.05) is 11.9 Å². The van der Waals surface area contributed by atoms with Crippen LogP contribution in [0, 0.1) is 5.92 Å². The second-order valence-corrected chi connectivity index (χ2v) is 3.80. The van der Waals surface area contributed by atoms with Crippen LogP contribution in [-0.4, -0.2) is 19.0 Å². The third-order valence-electron chi connectivity index (χ3n) is 1.80. The Hall–Kier alpha value is -1.84. The van der Waals surface area contributed by atoms with Gasteiger partial charge in [-0.1, -0.05) is 13.8 Å². The minimum Gasteiger partial charge on any atom is -0.449 e. The van der Waals surface area contributed by atoms with Crippen LogP contribution in [0.15, 0.2) is 24.3 Å². The van der Waals surface area contributed by atoms with Gasteiger partial charge in [-0.15, -0.1) is 0 Å². The molecule has 1 aromatic carbocycles. The highest BCUT2D eigenvalue weighted by molar-refractivity contribution is 5.85. The number of hydrogen-bond donors (Lipinski definition) is 1. The first-order chi connectivity index (χ1) is 7.61. The Bertz CT molecular complexity index is 357. The second-order valence-electron chi connectivity index (χ2n) is 3.80. The molecule has 1 radical (unpaired) electrons. The lowest BCUT2D eigenvalue weighted by molar-refractivity contribution is 0.147. The Morgan fingerprint density at radius 1 is 1.38 bits per heavy atom. The van der Waals surface area contributed by atoms with Crippen molar-refractivity contribution in [3.63, 3.8) is 0 Å². The third-order valence-corrected chi connectivity index (χ3v) is 1.80. The molecule has 0 bridgehead atoms. The highest BCUT2D eigenvalue weighted by Crippen LogP contribution is 2.08. The molecule has 1 aromatic rings. The normalized spacial score (nSPS) is 9.94. The van der Waals surface area contributed by atoms with Gasteiger partial charge >= 0.3 is 6.09 Å². The van der Waals surface area contributed by atoms with Crippen LogP contribution in [0.25, 0.3) is 0 Å². The van der Waals surface area contributed by atoms with Gasteiger partial charge in [-0.25, -0.2) is 4.79 Å². The molecule has 0 fully saturated rings. The van der Waals surface area contributed by atoms with E-state index in [1.54, 1.807) is 30.6 Å². The Kier molecular flexibility index (Phi) is 4.51. The number of nitrogens with one attached hydrogen (secondary N) is 1. The average Bonchev–Trinajstić information content (AvgIpc) is 2.27. The van der Waals surface area contributed by atoms with Crippen molar-refractivity contribution in [3.8, 4) is 0 Å². The summed E-state index contributed by atoms with van der Waals surface area (Å²) in [5.41, 5.74) is 1.04. The summed E-state index contributed by atoms with van der Waals surface area (Å²) in [7, 11) is 0. The van der Waals surface area contributed by atoms with Gasteiger partial charge in [-0.2, -0.15) is 0 Å². The maximum absolute atomic E-state index is 11.3. The Morgan fingerprint density at radius 3 is 2.50 bits per heavy atom. The van der Waals surface area contributed by atoms with E-state index in [0.29, 0.717) is 23.8 Å². The van der Waals surface area contributed by atoms with Gasteiger partial charge in [0, 0.05) is 11.3 Å².